The van der Waals surface area contributed by atoms with Gasteiger partial charge in [0, 0.05) is 6.04 Å². The Morgan fingerprint density at radius 2 is 1.72 bits per heavy atom. The standard InChI is InChI=1S/C21H27FN2O/c1-5-16-9-11-17(12-10-16)20(18-7-6-8-19(22)13-18)24-15(4)21(25)23-14(2)3/h6-15,20,24H,5H2,1-4H3,(H,23,25)/t15-,20-/m1/s1. The number of carbonyl (C=O) groups is 1. The van der Waals surface area contributed by atoms with Crippen LogP contribution < -0.4 is 10.6 Å². The molecule has 0 unspecified atom stereocenters. The molecule has 0 fully saturated rings. The predicted octanol–water partition coefficient (Wildman–Crippen LogP) is 3.98. The number of amides is 1. The number of halogens is 1. The van der Waals surface area contributed by atoms with Crippen LogP contribution in [0.2, 0.25) is 0 Å². The zero-order valence-corrected chi connectivity index (χ0v) is 15.3. The van der Waals surface area contributed by atoms with E-state index in [1.807, 2.05) is 39.0 Å². The second-order valence-electron chi connectivity index (χ2n) is 6.63. The van der Waals surface area contributed by atoms with Gasteiger partial charge in [-0.25, -0.2) is 4.39 Å². The van der Waals surface area contributed by atoms with E-state index in [1.54, 1.807) is 6.07 Å². The van der Waals surface area contributed by atoms with Crippen LogP contribution in [-0.2, 0) is 11.2 Å². The van der Waals surface area contributed by atoms with Crippen molar-refractivity contribution in [2.45, 2.75) is 52.2 Å². The van der Waals surface area contributed by atoms with Gasteiger partial charge in [0.25, 0.3) is 0 Å². The van der Waals surface area contributed by atoms with Gasteiger partial charge in [0.15, 0.2) is 0 Å². The zero-order valence-electron chi connectivity index (χ0n) is 15.3. The van der Waals surface area contributed by atoms with E-state index in [0.717, 1.165) is 17.5 Å². The molecular formula is C21H27FN2O. The highest BCUT2D eigenvalue weighted by Crippen LogP contribution is 2.24. The molecule has 0 radical (unpaired) electrons. The molecule has 2 atom stereocenters. The van der Waals surface area contributed by atoms with Crippen LogP contribution in [0.1, 0.15) is 50.4 Å². The average molecular weight is 342 g/mol. The number of rotatable bonds is 7. The van der Waals surface area contributed by atoms with Crippen molar-refractivity contribution in [3.8, 4) is 0 Å². The number of hydrogen-bond acceptors (Lipinski definition) is 2. The smallest absolute Gasteiger partial charge is 0.237 e. The minimum absolute atomic E-state index is 0.0680. The van der Waals surface area contributed by atoms with Crippen molar-refractivity contribution >= 4 is 5.91 Å². The Morgan fingerprint density at radius 1 is 1.04 bits per heavy atom. The van der Waals surface area contributed by atoms with Gasteiger partial charge >= 0.3 is 0 Å². The normalized spacial score (nSPS) is 13.5. The summed E-state index contributed by atoms with van der Waals surface area (Å²) in [5.41, 5.74) is 3.05. The summed E-state index contributed by atoms with van der Waals surface area (Å²) in [7, 11) is 0. The molecule has 2 N–H and O–H groups in total. The van der Waals surface area contributed by atoms with Gasteiger partial charge in [-0.05, 0) is 56.0 Å². The maximum Gasteiger partial charge on any atom is 0.237 e. The van der Waals surface area contributed by atoms with Gasteiger partial charge in [-0.3, -0.25) is 10.1 Å². The number of aryl methyl sites for hydroxylation is 1. The molecule has 3 nitrogen and oxygen atoms in total. The van der Waals surface area contributed by atoms with Gasteiger partial charge in [-0.15, -0.1) is 0 Å². The third kappa shape index (κ3) is 5.40. The topological polar surface area (TPSA) is 41.1 Å². The Hall–Kier alpha value is -2.20. The van der Waals surface area contributed by atoms with Crippen molar-refractivity contribution in [2.75, 3.05) is 0 Å². The minimum Gasteiger partial charge on any atom is -0.353 e. The van der Waals surface area contributed by atoms with Gasteiger partial charge in [-0.2, -0.15) is 0 Å². The highest BCUT2D eigenvalue weighted by molar-refractivity contribution is 5.81. The molecule has 0 aliphatic rings. The fraction of sp³-hybridized carbons (Fsp3) is 0.381. The summed E-state index contributed by atoms with van der Waals surface area (Å²) in [5, 5.41) is 6.25. The lowest BCUT2D eigenvalue weighted by atomic mass is 9.96. The summed E-state index contributed by atoms with van der Waals surface area (Å²) in [6.45, 7) is 7.79. The first-order chi connectivity index (χ1) is 11.9. The molecule has 0 saturated carbocycles. The van der Waals surface area contributed by atoms with Crippen LogP contribution in [0.5, 0.6) is 0 Å². The second-order valence-corrected chi connectivity index (χ2v) is 6.63. The third-order valence-corrected chi connectivity index (χ3v) is 4.14. The van der Waals surface area contributed by atoms with Crippen LogP contribution in [0.4, 0.5) is 4.39 Å². The first kappa shape index (κ1) is 19.1. The molecule has 0 spiro atoms. The first-order valence-electron chi connectivity index (χ1n) is 8.81. The maximum atomic E-state index is 13.7. The van der Waals surface area contributed by atoms with Gasteiger partial charge in [0.2, 0.25) is 5.91 Å². The van der Waals surface area contributed by atoms with Crippen LogP contribution in [0, 0.1) is 5.82 Å². The molecule has 2 aromatic rings. The lowest BCUT2D eigenvalue weighted by molar-refractivity contribution is -0.123. The second kappa shape index (κ2) is 8.77. The van der Waals surface area contributed by atoms with E-state index in [1.165, 1.54) is 17.7 Å². The van der Waals surface area contributed by atoms with E-state index >= 15 is 0 Å². The number of hydrogen-bond donors (Lipinski definition) is 2. The molecule has 2 rings (SSSR count). The highest BCUT2D eigenvalue weighted by Gasteiger charge is 2.21. The van der Waals surface area contributed by atoms with Crippen molar-refractivity contribution in [1.29, 1.82) is 0 Å². The molecule has 0 aliphatic carbocycles. The summed E-state index contributed by atoms with van der Waals surface area (Å²) in [6, 6.07) is 14.1. The molecule has 4 heteroatoms. The van der Waals surface area contributed by atoms with Crippen molar-refractivity contribution < 1.29 is 9.18 Å². The van der Waals surface area contributed by atoms with Crippen molar-refractivity contribution in [2.24, 2.45) is 0 Å². The predicted molar refractivity (Wildman–Crippen MR) is 99.9 cm³/mol. The Labute approximate surface area is 149 Å². The lowest BCUT2D eigenvalue weighted by Gasteiger charge is -2.25. The molecule has 0 aromatic heterocycles. The quantitative estimate of drug-likeness (QED) is 0.799. The summed E-state index contributed by atoms with van der Waals surface area (Å²) in [6.07, 6.45) is 0.964. The molecular weight excluding hydrogens is 315 g/mol. The first-order valence-corrected chi connectivity index (χ1v) is 8.81. The van der Waals surface area contributed by atoms with E-state index in [9.17, 15) is 9.18 Å². The van der Waals surface area contributed by atoms with Gasteiger partial charge in [0.1, 0.15) is 5.82 Å². The van der Waals surface area contributed by atoms with Crippen LogP contribution >= 0.6 is 0 Å². The number of carbonyl (C=O) groups excluding carboxylic acids is 1. The van der Waals surface area contributed by atoms with Crippen LogP contribution in [-0.4, -0.2) is 18.0 Å². The SMILES string of the molecule is CCc1ccc([C@@H](N[C@H](C)C(=O)NC(C)C)c2cccc(F)c2)cc1. The molecule has 134 valence electrons. The summed E-state index contributed by atoms with van der Waals surface area (Å²) in [5.74, 6) is -0.352. The molecule has 0 bridgehead atoms. The molecule has 25 heavy (non-hydrogen) atoms. The summed E-state index contributed by atoms with van der Waals surface area (Å²) in [4.78, 5) is 12.3. The van der Waals surface area contributed by atoms with Gasteiger partial charge < -0.3 is 5.32 Å². The Bertz CT molecular complexity index is 697. The monoisotopic (exact) mass is 342 g/mol. The zero-order chi connectivity index (χ0) is 18.4. The minimum atomic E-state index is -0.401. The van der Waals surface area contributed by atoms with Crippen molar-refractivity contribution in [3.05, 3.63) is 71.0 Å². The van der Waals surface area contributed by atoms with E-state index in [0.29, 0.717) is 0 Å². The fourth-order valence-corrected chi connectivity index (χ4v) is 2.75. The van der Waals surface area contributed by atoms with Crippen LogP contribution in [0.3, 0.4) is 0 Å². The largest absolute Gasteiger partial charge is 0.353 e. The molecule has 0 heterocycles. The Kier molecular flexibility index (Phi) is 6.71. The van der Waals surface area contributed by atoms with Crippen molar-refractivity contribution in [3.63, 3.8) is 0 Å². The molecule has 0 saturated heterocycles. The highest BCUT2D eigenvalue weighted by atomic mass is 19.1. The molecule has 2 aromatic carbocycles. The molecule has 0 aliphatic heterocycles. The van der Waals surface area contributed by atoms with Crippen molar-refractivity contribution in [1.82, 2.24) is 10.6 Å². The van der Waals surface area contributed by atoms with Crippen LogP contribution in [0.15, 0.2) is 48.5 Å². The van der Waals surface area contributed by atoms with Crippen LogP contribution in [0.25, 0.3) is 0 Å². The van der Waals surface area contributed by atoms with E-state index < -0.39 is 6.04 Å². The average Bonchev–Trinajstić information content (AvgIpc) is 2.59. The van der Waals surface area contributed by atoms with E-state index in [-0.39, 0.29) is 23.8 Å². The Balaban J connectivity index is 2.30. The number of nitrogens with one attached hydrogen (secondary N) is 2. The maximum absolute atomic E-state index is 13.7. The van der Waals surface area contributed by atoms with E-state index in [2.05, 4.69) is 29.7 Å². The summed E-state index contributed by atoms with van der Waals surface area (Å²) >= 11 is 0. The van der Waals surface area contributed by atoms with Gasteiger partial charge in [-0.1, -0.05) is 43.3 Å². The Morgan fingerprint density at radius 3 is 2.28 bits per heavy atom. The molecule has 1 amide bonds. The number of benzene rings is 2. The fourth-order valence-electron chi connectivity index (χ4n) is 2.75. The third-order valence-electron chi connectivity index (χ3n) is 4.14. The summed E-state index contributed by atoms with van der Waals surface area (Å²) < 4.78 is 13.7. The van der Waals surface area contributed by atoms with E-state index in [4.69, 9.17) is 0 Å². The van der Waals surface area contributed by atoms with Gasteiger partial charge in [0.05, 0.1) is 12.1 Å². The lowest BCUT2D eigenvalue weighted by Crippen LogP contribution is -2.46.